The van der Waals surface area contributed by atoms with Crippen LogP contribution in [0.1, 0.15) is 57.8 Å². The molecule has 2 aliphatic heterocycles. The average Bonchev–Trinajstić information content (AvgIpc) is 2.89. The molecule has 0 radical (unpaired) electrons. The lowest BCUT2D eigenvalue weighted by Gasteiger charge is -2.27. The number of hydrogen-bond donors (Lipinski definition) is 1. The molecule has 1 fully saturated rings. The second-order valence-corrected chi connectivity index (χ2v) is 5.80. The van der Waals surface area contributed by atoms with Crippen molar-refractivity contribution in [3.05, 3.63) is 12.2 Å². The van der Waals surface area contributed by atoms with Crippen molar-refractivity contribution in [1.29, 1.82) is 0 Å². The summed E-state index contributed by atoms with van der Waals surface area (Å²) in [7, 11) is 0. The van der Waals surface area contributed by atoms with E-state index in [-0.39, 0.29) is 5.54 Å². The Balaban J connectivity index is 1.71. The summed E-state index contributed by atoms with van der Waals surface area (Å²) in [6, 6.07) is 0. The molecule has 2 atom stereocenters. The smallest absolute Gasteiger partial charge is 0.0791 e. The first kappa shape index (κ1) is 14.7. The van der Waals surface area contributed by atoms with Gasteiger partial charge >= 0.3 is 0 Å². The molecule has 2 heterocycles. The van der Waals surface area contributed by atoms with Gasteiger partial charge in [0.05, 0.1) is 11.6 Å². The molecule has 2 aliphatic rings. The molecule has 0 bridgehead atoms. The number of hydrogen-bond acceptors (Lipinski definition) is 3. The number of nitrogens with zero attached hydrogens (tertiary/aromatic N) is 1. The minimum Gasteiger partial charge on any atom is -0.396 e. The van der Waals surface area contributed by atoms with Crippen molar-refractivity contribution in [3.8, 4) is 0 Å². The Morgan fingerprint density at radius 3 is 2.79 bits per heavy atom. The first-order valence-corrected chi connectivity index (χ1v) is 7.80. The van der Waals surface area contributed by atoms with Crippen LogP contribution in [0.15, 0.2) is 17.1 Å². The van der Waals surface area contributed by atoms with Gasteiger partial charge < -0.3 is 9.84 Å². The van der Waals surface area contributed by atoms with E-state index >= 15 is 0 Å². The van der Waals surface area contributed by atoms with Crippen LogP contribution in [-0.2, 0) is 4.74 Å². The zero-order chi connectivity index (χ0) is 13.4. The van der Waals surface area contributed by atoms with Crippen LogP contribution in [0.3, 0.4) is 0 Å². The number of allylic oxidation sites excluding steroid dienone is 1. The van der Waals surface area contributed by atoms with Gasteiger partial charge in [-0.05, 0) is 63.9 Å². The number of aliphatic hydroxyl groups is 1. The van der Waals surface area contributed by atoms with Crippen LogP contribution in [-0.4, -0.2) is 36.2 Å². The molecule has 108 valence electrons. The summed E-state index contributed by atoms with van der Waals surface area (Å²) in [5.41, 5.74) is 0.0177. The van der Waals surface area contributed by atoms with E-state index in [2.05, 4.69) is 17.1 Å². The van der Waals surface area contributed by atoms with E-state index in [1.807, 2.05) is 6.21 Å². The molecule has 2 rings (SSSR count). The van der Waals surface area contributed by atoms with Crippen LogP contribution in [0.2, 0.25) is 0 Å². The number of aliphatic imine (C=N–C) groups is 1. The first-order valence-electron chi connectivity index (χ1n) is 7.80. The van der Waals surface area contributed by atoms with Crippen LogP contribution in [0.25, 0.3) is 0 Å². The summed E-state index contributed by atoms with van der Waals surface area (Å²) in [6.45, 7) is 1.24. The molecule has 3 heteroatoms. The fourth-order valence-corrected chi connectivity index (χ4v) is 3.09. The largest absolute Gasteiger partial charge is 0.396 e. The Morgan fingerprint density at radius 1 is 1.21 bits per heavy atom. The highest BCUT2D eigenvalue weighted by molar-refractivity contribution is 5.75. The van der Waals surface area contributed by atoms with Crippen molar-refractivity contribution in [3.63, 3.8) is 0 Å². The van der Waals surface area contributed by atoms with Crippen LogP contribution in [0.4, 0.5) is 0 Å². The molecule has 1 saturated heterocycles. The number of rotatable bonds is 8. The predicted molar refractivity (Wildman–Crippen MR) is 78.7 cm³/mol. The zero-order valence-electron chi connectivity index (χ0n) is 11.9. The molecule has 0 aliphatic carbocycles. The first-order chi connectivity index (χ1) is 9.35. The van der Waals surface area contributed by atoms with E-state index in [9.17, 15) is 0 Å². The Kier molecular flexibility index (Phi) is 6.05. The molecule has 2 unspecified atom stereocenters. The third-order valence-electron chi connectivity index (χ3n) is 4.25. The van der Waals surface area contributed by atoms with Gasteiger partial charge in [0, 0.05) is 19.4 Å². The van der Waals surface area contributed by atoms with Gasteiger partial charge in [0.25, 0.3) is 0 Å². The Labute approximate surface area is 116 Å². The van der Waals surface area contributed by atoms with Gasteiger partial charge in [-0.15, -0.1) is 0 Å². The van der Waals surface area contributed by atoms with E-state index in [0.717, 1.165) is 32.3 Å². The molecule has 0 aromatic heterocycles. The van der Waals surface area contributed by atoms with Gasteiger partial charge in [-0.1, -0.05) is 6.08 Å². The van der Waals surface area contributed by atoms with E-state index in [1.165, 1.54) is 32.1 Å². The summed E-state index contributed by atoms with van der Waals surface area (Å²) in [6.07, 6.45) is 17.0. The maximum Gasteiger partial charge on any atom is 0.0791 e. The van der Waals surface area contributed by atoms with Gasteiger partial charge in [-0.2, -0.15) is 0 Å². The fourth-order valence-electron chi connectivity index (χ4n) is 3.09. The molecule has 0 aromatic rings. The van der Waals surface area contributed by atoms with Gasteiger partial charge in [-0.3, -0.25) is 4.99 Å². The van der Waals surface area contributed by atoms with E-state index in [1.54, 1.807) is 0 Å². The molecular formula is C16H27NO2. The van der Waals surface area contributed by atoms with Crippen LogP contribution in [0, 0.1) is 0 Å². The highest BCUT2D eigenvalue weighted by Gasteiger charge is 2.27. The van der Waals surface area contributed by atoms with Crippen molar-refractivity contribution >= 4 is 6.21 Å². The quantitative estimate of drug-likeness (QED) is 0.684. The minimum atomic E-state index is 0.0177. The van der Waals surface area contributed by atoms with Crippen molar-refractivity contribution < 1.29 is 9.84 Å². The lowest BCUT2D eigenvalue weighted by atomic mass is 9.87. The van der Waals surface area contributed by atoms with Crippen molar-refractivity contribution in [2.75, 3.05) is 13.2 Å². The molecule has 3 nitrogen and oxygen atoms in total. The van der Waals surface area contributed by atoms with Crippen LogP contribution < -0.4 is 0 Å². The molecule has 0 amide bonds. The van der Waals surface area contributed by atoms with Crippen LogP contribution >= 0.6 is 0 Å². The molecule has 1 N–H and O–H groups in total. The lowest BCUT2D eigenvalue weighted by Crippen LogP contribution is -2.24. The van der Waals surface area contributed by atoms with E-state index in [4.69, 9.17) is 9.84 Å². The summed E-state index contributed by atoms with van der Waals surface area (Å²) in [5.74, 6) is 0. The second-order valence-electron chi connectivity index (χ2n) is 5.80. The molecule has 0 saturated carbocycles. The monoisotopic (exact) mass is 265 g/mol. The second kappa shape index (κ2) is 7.81. The maximum atomic E-state index is 8.90. The fraction of sp³-hybridized carbons (Fsp3) is 0.812. The standard InChI is InChI=1S/C16H27NO2/c18-13-3-2-9-16(11-6-12-17-16)10-5-8-15-7-1-4-14-19-15/h6,11-12,15,18H,1-5,7-10,13-14H2. The summed E-state index contributed by atoms with van der Waals surface area (Å²) in [5, 5.41) is 8.90. The number of ether oxygens (including phenoxy) is 1. The molecule has 19 heavy (non-hydrogen) atoms. The average molecular weight is 265 g/mol. The highest BCUT2D eigenvalue weighted by atomic mass is 16.5. The van der Waals surface area contributed by atoms with Crippen LogP contribution in [0.5, 0.6) is 0 Å². The number of unbranched alkanes of at least 4 members (excludes halogenated alkanes) is 1. The van der Waals surface area contributed by atoms with E-state index in [0.29, 0.717) is 12.7 Å². The zero-order valence-corrected chi connectivity index (χ0v) is 11.9. The maximum absolute atomic E-state index is 8.90. The van der Waals surface area contributed by atoms with Gasteiger partial charge in [-0.25, -0.2) is 0 Å². The van der Waals surface area contributed by atoms with Gasteiger partial charge in [0.1, 0.15) is 0 Å². The Bertz CT molecular complexity index is 294. The Hall–Kier alpha value is -0.670. The van der Waals surface area contributed by atoms with Crippen molar-refractivity contribution in [1.82, 2.24) is 0 Å². The third-order valence-corrected chi connectivity index (χ3v) is 4.25. The SMILES string of the molecule is OCCCCC1(CCCC2CCCCO2)C=CC=N1. The molecule has 0 aromatic carbocycles. The van der Waals surface area contributed by atoms with Gasteiger partial charge in [0.15, 0.2) is 0 Å². The molecular weight excluding hydrogens is 238 g/mol. The van der Waals surface area contributed by atoms with Gasteiger partial charge in [0.2, 0.25) is 0 Å². The van der Waals surface area contributed by atoms with Crippen molar-refractivity contribution in [2.45, 2.75) is 69.4 Å². The normalized spacial score (nSPS) is 30.1. The third kappa shape index (κ3) is 4.73. The Morgan fingerprint density at radius 2 is 2.11 bits per heavy atom. The topological polar surface area (TPSA) is 41.8 Å². The minimum absolute atomic E-state index is 0.0177. The van der Waals surface area contributed by atoms with Crippen molar-refractivity contribution in [2.24, 2.45) is 4.99 Å². The summed E-state index contributed by atoms with van der Waals surface area (Å²) in [4.78, 5) is 4.66. The summed E-state index contributed by atoms with van der Waals surface area (Å²) < 4.78 is 5.78. The highest BCUT2D eigenvalue weighted by Crippen LogP contribution is 2.31. The lowest BCUT2D eigenvalue weighted by molar-refractivity contribution is 0.00923. The predicted octanol–water partition coefficient (Wildman–Crippen LogP) is 3.27. The molecule has 0 spiro atoms. The summed E-state index contributed by atoms with van der Waals surface area (Å²) >= 11 is 0. The number of aliphatic hydroxyl groups excluding tert-OH is 1. The van der Waals surface area contributed by atoms with E-state index < -0.39 is 0 Å².